The van der Waals surface area contributed by atoms with E-state index in [1.54, 1.807) is 26.4 Å². The Hall–Kier alpha value is -1.36. The van der Waals surface area contributed by atoms with Crippen LogP contribution in [0.15, 0.2) is 18.2 Å². The molecule has 5 heteroatoms. The summed E-state index contributed by atoms with van der Waals surface area (Å²) in [6.45, 7) is 0. The second-order valence-corrected chi connectivity index (χ2v) is 8.06. The summed E-state index contributed by atoms with van der Waals surface area (Å²) in [6, 6.07) is 5.40. The molecule has 2 aliphatic rings. The molecular weight excluding hydrogens is 300 g/mol. The number of carbonyl (C=O) groups excluding carboxylic acids is 1. The minimum Gasteiger partial charge on any atom is -0.496 e. The lowest BCUT2D eigenvalue weighted by atomic mass is 9.84. The number of fused-ring (bicyclic) bond motifs is 2. The molecule has 3 rings (SSSR count). The van der Waals surface area contributed by atoms with E-state index in [9.17, 15) is 9.00 Å². The zero-order valence-electron chi connectivity index (χ0n) is 13.0. The van der Waals surface area contributed by atoms with Crippen LogP contribution in [0.5, 0.6) is 11.5 Å². The van der Waals surface area contributed by atoms with E-state index in [1.807, 2.05) is 6.07 Å². The monoisotopic (exact) mass is 322 g/mol. The van der Waals surface area contributed by atoms with Gasteiger partial charge in [0.05, 0.1) is 14.2 Å². The number of ketones is 1. The van der Waals surface area contributed by atoms with Crippen molar-refractivity contribution in [2.45, 2.75) is 42.6 Å². The first-order valence-corrected chi connectivity index (χ1v) is 9.08. The highest BCUT2D eigenvalue weighted by molar-refractivity contribution is 7.86. The molecule has 0 spiro atoms. The standard InChI is InChI=1S/C17H22O4S/c1-20-14-7-4-8-15(21-2)16(14)17(18)11-9-12-5-3-6-13(10-11)22(12)19/h4,7-8,11-13H,3,5-6,9-10H2,1-2H3. The fourth-order valence-electron chi connectivity index (χ4n) is 3.75. The van der Waals surface area contributed by atoms with Crippen molar-refractivity contribution >= 4 is 16.6 Å². The van der Waals surface area contributed by atoms with E-state index >= 15 is 0 Å². The summed E-state index contributed by atoms with van der Waals surface area (Å²) in [7, 11) is 2.37. The van der Waals surface area contributed by atoms with E-state index in [0.717, 1.165) is 32.1 Å². The van der Waals surface area contributed by atoms with Crippen molar-refractivity contribution in [2.75, 3.05) is 14.2 Å². The summed E-state index contributed by atoms with van der Waals surface area (Å²) in [6.07, 6.45) is 4.55. The Morgan fingerprint density at radius 3 is 2.14 bits per heavy atom. The average Bonchev–Trinajstić information content (AvgIpc) is 2.53. The smallest absolute Gasteiger partial charge is 0.173 e. The molecule has 120 valence electrons. The molecule has 0 N–H and O–H groups in total. The molecule has 2 heterocycles. The lowest BCUT2D eigenvalue weighted by Crippen LogP contribution is -2.41. The van der Waals surface area contributed by atoms with E-state index in [4.69, 9.17) is 9.47 Å². The molecule has 2 aliphatic heterocycles. The van der Waals surface area contributed by atoms with Gasteiger partial charge in [-0.3, -0.25) is 9.00 Å². The molecule has 2 atom stereocenters. The Balaban J connectivity index is 1.90. The number of rotatable bonds is 4. The van der Waals surface area contributed by atoms with Gasteiger partial charge in [-0.2, -0.15) is 0 Å². The molecule has 0 radical (unpaired) electrons. The van der Waals surface area contributed by atoms with Gasteiger partial charge in [-0.1, -0.05) is 12.5 Å². The van der Waals surface area contributed by atoms with E-state index in [-0.39, 0.29) is 22.2 Å². The summed E-state index contributed by atoms with van der Waals surface area (Å²) in [5.74, 6) is 1.11. The second-order valence-electron chi connectivity index (χ2n) is 6.07. The summed E-state index contributed by atoms with van der Waals surface area (Å²) < 4.78 is 23.0. The summed E-state index contributed by atoms with van der Waals surface area (Å²) >= 11 is 0. The van der Waals surface area contributed by atoms with Crippen LogP contribution in [0.2, 0.25) is 0 Å². The van der Waals surface area contributed by atoms with E-state index in [0.29, 0.717) is 17.1 Å². The lowest BCUT2D eigenvalue weighted by Gasteiger charge is -2.37. The first-order valence-electron chi connectivity index (χ1n) is 7.80. The van der Waals surface area contributed by atoms with Gasteiger partial charge in [0.25, 0.3) is 0 Å². The summed E-state index contributed by atoms with van der Waals surface area (Å²) in [4.78, 5) is 13.0. The molecule has 2 bridgehead atoms. The Morgan fingerprint density at radius 2 is 1.64 bits per heavy atom. The van der Waals surface area contributed by atoms with Crippen LogP contribution in [-0.4, -0.2) is 34.7 Å². The second kappa shape index (κ2) is 6.41. The fraction of sp³-hybridized carbons (Fsp3) is 0.588. The number of hydrogen-bond acceptors (Lipinski definition) is 4. The molecule has 2 fully saturated rings. The number of ether oxygens (including phenoxy) is 2. The molecule has 0 amide bonds. The number of Topliss-reactive ketones (excluding diaryl/α,β-unsaturated/α-hetero) is 1. The number of hydrogen-bond donors (Lipinski definition) is 0. The number of carbonyl (C=O) groups is 1. The topological polar surface area (TPSA) is 52.6 Å². The van der Waals surface area contributed by atoms with Crippen molar-refractivity contribution in [3.63, 3.8) is 0 Å². The largest absolute Gasteiger partial charge is 0.496 e. The van der Waals surface area contributed by atoms with E-state index in [1.165, 1.54) is 0 Å². The fourth-order valence-corrected chi connectivity index (χ4v) is 5.93. The van der Waals surface area contributed by atoms with Crippen LogP contribution < -0.4 is 9.47 Å². The maximum Gasteiger partial charge on any atom is 0.173 e. The predicted octanol–water partition coefficient (Wildman–Crippen LogP) is 2.97. The normalized spacial score (nSPS) is 30.6. The molecule has 2 unspecified atom stereocenters. The van der Waals surface area contributed by atoms with Gasteiger partial charge in [-0.15, -0.1) is 0 Å². The lowest BCUT2D eigenvalue weighted by molar-refractivity contribution is 0.0889. The van der Waals surface area contributed by atoms with Gasteiger partial charge in [-0.25, -0.2) is 0 Å². The maximum atomic E-state index is 13.0. The Bertz CT molecular complexity index is 560. The quantitative estimate of drug-likeness (QED) is 0.800. The Morgan fingerprint density at radius 1 is 1.09 bits per heavy atom. The maximum absolute atomic E-state index is 13.0. The van der Waals surface area contributed by atoms with Gasteiger partial charge in [0.15, 0.2) is 5.78 Å². The van der Waals surface area contributed by atoms with Crippen LogP contribution in [0, 0.1) is 5.92 Å². The Labute approximate surface area is 133 Å². The molecule has 1 aromatic carbocycles. The van der Waals surface area contributed by atoms with Crippen LogP contribution in [0.3, 0.4) is 0 Å². The Kier molecular flexibility index (Phi) is 4.52. The number of methoxy groups -OCH3 is 2. The third kappa shape index (κ3) is 2.67. The van der Waals surface area contributed by atoms with Crippen LogP contribution in [0.4, 0.5) is 0 Å². The zero-order chi connectivity index (χ0) is 15.7. The molecule has 0 aliphatic carbocycles. The minimum atomic E-state index is -0.759. The van der Waals surface area contributed by atoms with Crippen molar-refractivity contribution in [1.29, 1.82) is 0 Å². The third-order valence-electron chi connectivity index (χ3n) is 4.85. The molecular formula is C17H22O4S. The highest BCUT2D eigenvalue weighted by Crippen LogP contribution is 2.40. The number of benzene rings is 1. The van der Waals surface area contributed by atoms with Crippen molar-refractivity contribution < 1.29 is 18.5 Å². The van der Waals surface area contributed by atoms with Crippen LogP contribution in [0.1, 0.15) is 42.5 Å². The SMILES string of the molecule is COc1cccc(OC)c1C(=O)C1CC2CCCC(C1)S2=O. The molecule has 0 aromatic heterocycles. The molecule has 1 aromatic rings. The van der Waals surface area contributed by atoms with Gasteiger partial charge in [-0.05, 0) is 37.8 Å². The van der Waals surface area contributed by atoms with Crippen molar-refractivity contribution in [2.24, 2.45) is 5.92 Å². The molecule has 2 saturated heterocycles. The van der Waals surface area contributed by atoms with Crippen LogP contribution >= 0.6 is 0 Å². The highest BCUT2D eigenvalue weighted by Gasteiger charge is 2.41. The molecule has 0 saturated carbocycles. The van der Waals surface area contributed by atoms with Crippen molar-refractivity contribution in [3.8, 4) is 11.5 Å². The summed E-state index contributed by atoms with van der Waals surface area (Å²) in [5.41, 5.74) is 0.531. The van der Waals surface area contributed by atoms with Gasteiger partial charge in [0.2, 0.25) is 0 Å². The summed E-state index contributed by atoms with van der Waals surface area (Å²) in [5, 5.41) is 0.365. The van der Waals surface area contributed by atoms with Crippen LogP contribution in [0.25, 0.3) is 0 Å². The first kappa shape index (κ1) is 15.5. The van der Waals surface area contributed by atoms with E-state index in [2.05, 4.69) is 0 Å². The van der Waals surface area contributed by atoms with Gasteiger partial charge >= 0.3 is 0 Å². The third-order valence-corrected chi connectivity index (χ3v) is 7.02. The van der Waals surface area contributed by atoms with Crippen LogP contribution in [-0.2, 0) is 10.8 Å². The zero-order valence-corrected chi connectivity index (χ0v) is 13.9. The molecule has 4 nitrogen and oxygen atoms in total. The van der Waals surface area contributed by atoms with Gasteiger partial charge in [0.1, 0.15) is 17.1 Å². The van der Waals surface area contributed by atoms with Gasteiger partial charge < -0.3 is 9.47 Å². The van der Waals surface area contributed by atoms with Crippen molar-refractivity contribution in [3.05, 3.63) is 23.8 Å². The minimum absolute atomic E-state index is 0.0711. The average molecular weight is 322 g/mol. The van der Waals surface area contributed by atoms with E-state index < -0.39 is 10.8 Å². The first-order chi connectivity index (χ1) is 10.7. The molecule has 22 heavy (non-hydrogen) atoms. The van der Waals surface area contributed by atoms with Crippen molar-refractivity contribution in [1.82, 2.24) is 0 Å². The highest BCUT2D eigenvalue weighted by atomic mass is 32.2. The predicted molar refractivity (Wildman–Crippen MR) is 86.2 cm³/mol. The van der Waals surface area contributed by atoms with Gasteiger partial charge in [0, 0.05) is 27.2 Å².